The molecule has 100 valence electrons. The van der Waals surface area contributed by atoms with Crippen LogP contribution in [0.15, 0.2) is 22.6 Å². The van der Waals surface area contributed by atoms with Crippen molar-refractivity contribution in [2.45, 2.75) is 27.3 Å². The van der Waals surface area contributed by atoms with E-state index >= 15 is 0 Å². The maximum Gasteiger partial charge on any atom is 0.337 e. The Kier molecular flexibility index (Phi) is 3.55. The Morgan fingerprint density at radius 1 is 1.37 bits per heavy atom. The molecule has 2 rings (SSSR count). The lowest BCUT2D eigenvalue weighted by Crippen LogP contribution is -2.07. The van der Waals surface area contributed by atoms with Crippen LogP contribution in [0.3, 0.4) is 0 Å². The lowest BCUT2D eigenvalue weighted by molar-refractivity contribution is 0.0697. The van der Waals surface area contributed by atoms with Crippen LogP contribution in [-0.4, -0.2) is 16.1 Å². The number of nitrogens with zero attached hydrogens (tertiary/aromatic N) is 1. The number of anilines is 1. The molecule has 0 amide bonds. The van der Waals surface area contributed by atoms with E-state index in [1.54, 1.807) is 12.1 Å². The molecule has 5 nitrogen and oxygen atoms in total. The largest absolute Gasteiger partial charge is 0.478 e. The van der Waals surface area contributed by atoms with E-state index in [-0.39, 0.29) is 5.56 Å². The monoisotopic (exact) mass is 260 g/mol. The quantitative estimate of drug-likeness (QED) is 0.884. The normalized spacial score (nSPS) is 10.5. The molecule has 0 radical (unpaired) electrons. The Balaban J connectivity index is 2.17. The fourth-order valence-electron chi connectivity index (χ4n) is 1.77. The van der Waals surface area contributed by atoms with Gasteiger partial charge in [0, 0.05) is 5.69 Å². The zero-order valence-electron chi connectivity index (χ0n) is 11.2. The number of aryl methyl sites for hydroxylation is 3. The first kappa shape index (κ1) is 13.1. The van der Waals surface area contributed by atoms with Gasteiger partial charge in [-0.05, 0) is 32.9 Å². The highest BCUT2D eigenvalue weighted by Gasteiger charge is 2.11. The minimum atomic E-state index is -0.953. The van der Waals surface area contributed by atoms with Crippen LogP contribution in [0.5, 0.6) is 0 Å². The average Bonchev–Trinajstić information content (AvgIpc) is 2.67. The molecule has 0 fully saturated rings. The molecule has 2 N–H and O–H groups in total. The number of aromatic nitrogens is 1. The first-order chi connectivity index (χ1) is 8.97. The summed E-state index contributed by atoms with van der Waals surface area (Å²) in [6.07, 6.45) is 0. The van der Waals surface area contributed by atoms with E-state index in [9.17, 15) is 4.79 Å². The van der Waals surface area contributed by atoms with E-state index in [0.717, 1.165) is 17.0 Å². The minimum absolute atomic E-state index is 0.250. The van der Waals surface area contributed by atoms with Crippen LogP contribution in [0.1, 0.15) is 33.3 Å². The molecule has 19 heavy (non-hydrogen) atoms. The van der Waals surface area contributed by atoms with Crippen LogP contribution < -0.4 is 5.32 Å². The highest BCUT2D eigenvalue weighted by molar-refractivity contribution is 5.94. The molecule has 0 bridgehead atoms. The van der Waals surface area contributed by atoms with Gasteiger partial charge in [0.1, 0.15) is 5.76 Å². The van der Waals surface area contributed by atoms with Crippen molar-refractivity contribution in [2.75, 3.05) is 5.32 Å². The number of carboxylic acids is 1. The summed E-state index contributed by atoms with van der Waals surface area (Å²) in [5.41, 5.74) is 2.57. The number of rotatable bonds is 4. The molecular weight excluding hydrogens is 244 g/mol. The van der Waals surface area contributed by atoms with Crippen LogP contribution in [0.4, 0.5) is 5.69 Å². The Hall–Kier alpha value is -2.30. The van der Waals surface area contributed by atoms with Crippen molar-refractivity contribution in [2.24, 2.45) is 0 Å². The van der Waals surface area contributed by atoms with Crippen LogP contribution in [0, 0.1) is 20.8 Å². The maximum atomic E-state index is 11.2. The third-order valence-electron chi connectivity index (χ3n) is 2.91. The van der Waals surface area contributed by atoms with Gasteiger partial charge in [0.05, 0.1) is 17.8 Å². The van der Waals surface area contributed by atoms with E-state index in [1.807, 2.05) is 26.8 Å². The standard InChI is InChI=1S/C14H16N2O3/c1-8-4-5-12(11(6-8)14(17)18)15-7-13-16-9(2)10(3)19-13/h4-6,15H,7H2,1-3H3,(H,17,18). The van der Waals surface area contributed by atoms with Gasteiger partial charge in [-0.15, -0.1) is 0 Å². The van der Waals surface area contributed by atoms with Crippen LogP contribution in [0.25, 0.3) is 0 Å². The predicted molar refractivity (Wildman–Crippen MR) is 71.4 cm³/mol. The molecule has 1 aromatic heterocycles. The van der Waals surface area contributed by atoms with E-state index in [0.29, 0.717) is 18.1 Å². The Labute approximate surface area is 111 Å². The molecule has 5 heteroatoms. The van der Waals surface area contributed by atoms with Crippen molar-refractivity contribution in [1.82, 2.24) is 4.98 Å². The Morgan fingerprint density at radius 3 is 2.68 bits per heavy atom. The summed E-state index contributed by atoms with van der Waals surface area (Å²) in [6, 6.07) is 5.25. The molecule has 0 spiro atoms. The zero-order valence-corrected chi connectivity index (χ0v) is 11.2. The topological polar surface area (TPSA) is 75.4 Å². The molecule has 0 saturated heterocycles. The summed E-state index contributed by atoms with van der Waals surface area (Å²) in [5.74, 6) is 0.372. The van der Waals surface area contributed by atoms with Gasteiger partial charge in [-0.25, -0.2) is 9.78 Å². The fraction of sp³-hybridized carbons (Fsp3) is 0.286. The van der Waals surface area contributed by atoms with E-state index in [4.69, 9.17) is 9.52 Å². The molecule has 2 aromatic rings. The second kappa shape index (κ2) is 5.14. The van der Waals surface area contributed by atoms with Gasteiger partial charge in [-0.2, -0.15) is 0 Å². The maximum absolute atomic E-state index is 11.2. The smallest absolute Gasteiger partial charge is 0.337 e. The Morgan fingerprint density at radius 2 is 2.11 bits per heavy atom. The summed E-state index contributed by atoms with van der Waals surface area (Å²) in [4.78, 5) is 15.4. The molecular formula is C14H16N2O3. The highest BCUT2D eigenvalue weighted by atomic mass is 16.4. The average molecular weight is 260 g/mol. The number of hydrogen-bond acceptors (Lipinski definition) is 4. The molecule has 1 aromatic carbocycles. The first-order valence-corrected chi connectivity index (χ1v) is 5.98. The van der Waals surface area contributed by atoms with Crippen molar-refractivity contribution in [3.63, 3.8) is 0 Å². The summed E-state index contributed by atoms with van der Waals surface area (Å²) < 4.78 is 5.44. The fourth-order valence-corrected chi connectivity index (χ4v) is 1.77. The van der Waals surface area contributed by atoms with Gasteiger partial charge < -0.3 is 14.8 Å². The van der Waals surface area contributed by atoms with Crippen LogP contribution in [-0.2, 0) is 6.54 Å². The van der Waals surface area contributed by atoms with Crippen molar-refractivity contribution in [1.29, 1.82) is 0 Å². The number of carbonyl (C=O) groups is 1. The summed E-state index contributed by atoms with van der Waals surface area (Å²) >= 11 is 0. The lowest BCUT2D eigenvalue weighted by Gasteiger charge is -2.08. The molecule has 1 heterocycles. The second-order valence-corrected chi connectivity index (χ2v) is 4.46. The molecule has 0 unspecified atom stereocenters. The molecule has 0 atom stereocenters. The minimum Gasteiger partial charge on any atom is -0.478 e. The lowest BCUT2D eigenvalue weighted by atomic mass is 10.1. The summed E-state index contributed by atoms with van der Waals surface area (Å²) in [5, 5.41) is 12.2. The van der Waals surface area contributed by atoms with Crippen molar-refractivity contribution in [3.8, 4) is 0 Å². The molecule has 0 aliphatic rings. The number of oxazole rings is 1. The predicted octanol–water partition coefficient (Wildman–Crippen LogP) is 2.91. The van der Waals surface area contributed by atoms with Gasteiger partial charge in [0.2, 0.25) is 5.89 Å². The number of carboxylic acid groups (broad SMARTS) is 1. The zero-order chi connectivity index (χ0) is 14.0. The van der Waals surface area contributed by atoms with Crippen molar-refractivity contribution < 1.29 is 14.3 Å². The van der Waals surface area contributed by atoms with Gasteiger partial charge in [-0.3, -0.25) is 0 Å². The number of nitrogens with one attached hydrogen (secondary N) is 1. The van der Waals surface area contributed by atoms with Gasteiger partial charge in [0.15, 0.2) is 0 Å². The van der Waals surface area contributed by atoms with E-state index in [1.165, 1.54) is 0 Å². The van der Waals surface area contributed by atoms with Crippen LogP contribution >= 0.6 is 0 Å². The van der Waals surface area contributed by atoms with Crippen molar-refractivity contribution >= 4 is 11.7 Å². The highest BCUT2D eigenvalue weighted by Crippen LogP contribution is 2.18. The molecule has 0 saturated carbocycles. The van der Waals surface area contributed by atoms with Gasteiger partial charge >= 0.3 is 5.97 Å². The number of aromatic carboxylic acids is 1. The SMILES string of the molecule is Cc1ccc(NCc2nc(C)c(C)o2)c(C(=O)O)c1. The third kappa shape index (κ3) is 2.93. The second-order valence-electron chi connectivity index (χ2n) is 4.46. The Bertz CT molecular complexity index is 598. The molecule has 0 aliphatic heterocycles. The van der Waals surface area contributed by atoms with Gasteiger partial charge in [0.25, 0.3) is 0 Å². The summed E-state index contributed by atoms with van der Waals surface area (Å²) in [6.45, 7) is 5.94. The van der Waals surface area contributed by atoms with Crippen LogP contribution in [0.2, 0.25) is 0 Å². The first-order valence-electron chi connectivity index (χ1n) is 5.98. The third-order valence-corrected chi connectivity index (χ3v) is 2.91. The summed E-state index contributed by atoms with van der Waals surface area (Å²) in [7, 11) is 0. The number of benzene rings is 1. The number of hydrogen-bond donors (Lipinski definition) is 2. The molecule has 0 aliphatic carbocycles. The van der Waals surface area contributed by atoms with E-state index < -0.39 is 5.97 Å². The van der Waals surface area contributed by atoms with Crippen molar-refractivity contribution in [3.05, 3.63) is 46.7 Å². The van der Waals surface area contributed by atoms with Gasteiger partial charge in [-0.1, -0.05) is 11.6 Å². The van der Waals surface area contributed by atoms with E-state index in [2.05, 4.69) is 10.3 Å².